The summed E-state index contributed by atoms with van der Waals surface area (Å²) in [6, 6.07) is 0. The van der Waals surface area contributed by atoms with Crippen LogP contribution in [0.25, 0.3) is 0 Å². The summed E-state index contributed by atoms with van der Waals surface area (Å²) < 4.78 is 9.94. The highest BCUT2D eigenvalue weighted by atomic mass is 32.1. The predicted octanol–water partition coefficient (Wildman–Crippen LogP) is 0.892. The molecule has 0 fully saturated rings. The van der Waals surface area contributed by atoms with Crippen molar-refractivity contribution in [1.29, 1.82) is 0 Å². The van der Waals surface area contributed by atoms with Gasteiger partial charge in [-0.05, 0) is 6.92 Å². The van der Waals surface area contributed by atoms with Gasteiger partial charge in [0.05, 0.1) is 13.2 Å². The maximum absolute atomic E-state index is 12.4. The van der Waals surface area contributed by atoms with Gasteiger partial charge in [-0.15, -0.1) is 0 Å². The number of hydrogen-bond donors (Lipinski definition) is 2. The number of nitrogens with two attached hydrogens (primary N) is 1. The van der Waals surface area contributed by atoms with Gasteiger partial charge < -0.3 is 25.4 Å². The van der Waals surface area contributed by atoms with Crippen LogP contribution in [0.1, 0.15) is 16.6 Å². The molecule has 0 atom stereocenters. The quantitative estimate of drug-likeness (QED) is 0.659. The molecule has 0 spiro atoms. The second-order valence-electron chi connectivity index (χ2n) is 4.03. The Kier molecular flexibility index (Phi) is 7.27. The first-order chi connectivity index (χ1) is 9.63. The highest BCUT2D eigenvalue weighted by molar-refractivity contribution is 7.18. The van der Waals surface area contributed by atoms with Gasteiger partial charge in [-0.25, -0.2) is 4.98 Å². The molecule has 0 unspecified atom stereocenters. The molecule has 1 rings (SSSR count). The number of anilines is 2. The first-order valence-electron chi connectivity index (χ1n) is 6.41. The fourth-order valence-corrected chi connectivity index (χ4v) is 2.45. The molecule has 0 aliphatic carbocycles. The fraction of sp³-hybridized carbons (Fsp3) is 0.667. The summed E-state index contributed by atoms with van der Waals surface area (Å²) in [5.74, 6) is 0.148. The summed E-state index contributed by atoms with van der Waals surface area (Å²) in [5.41, 5.74) is 5.82. The third-order valence-corrected chi connectivity index (χ3v) is 3.68. The van der Waals surface area contributed by atoms with Gasteiger partial charge in [-0.1, -0.05) is 11.3 Å². The van der Waals surface area contributed by atoms with E-state index in [4.69, 9.17) is 15.2 Å². The van der Waals surface area contributed by atoms with E-state index in [0.717, 1.165) is 0 Å². The number of amides is 1. The third-order valence-electron chi connectivity index (χ3n) is 2.66. The lowest BCUT2D eigenvalue weighted by atomic mass is 10.4. The molecule has 7 nitrogen and oxygen atoms in total. The normalized spacial score (nSPS) is 10.6. The molecule has 1 amide bonds. The summed E-state index contributed by atoms with van der Waals surface area (Å²) in [4.78, 5) is 18.7. The van der Waals surface area contributed by atoms with E-state index in [1.807, 2.05) is 6.92 Å². The Balaban J connectivity index is 2.71. The van der Waals surface area contributed by atoms with Crippen molar-refractivity contribution >= 4 is 28.2 Å². The van der Waals surface area contributed by atoms with E-state index in [9.17, 15) is 4.79 Å². The molecule has 20 heavy (non-hydrogen) atoms. The molecule has 1 heterocycles. The SMILES string of the molecule is CCN(CCOC)C(=O)c1sc(NCCOC)nc1N. The van der Waals surface area contributed by atoms with Gasteiger partial charge in [0.15, 0.2) is 5.13 Å². The van der Waals surface area contributed by atoms with Crippen LogP contribution in [0.5, 0.6) is 0 Å². The average Bonchev–Trinajstić information content (AvgIpc) is 2.81. The number of ether oxygens (including phenoxy) is 2. The molecule has 0 saturated carbocycles. The van der Waals surface area contributed by atoms with Crippen molar-refractivity contribution in [3.8, 4) is 0 Å². The number of aromatic nitrogens is 1. The van der Waals surface area contributed by atoms with Crippen molar-refractivity contribution in [2.45, 2.75) is 6.92 Å². The zero-order valence-corrected chi connectivity index (χ0v) is 13.0. The molecular weight excluding hydrogens is 280 g/mol. The Bertz CT molecular complexity index is 425. The van der Waals surface area contributed by atoms with Crippen molar-refractivity contribution in [2.75, 3.05) is 58.1 Å². The first kappa shape index (κ1) is 16.7. The van der Waals surface area contributed by atoms with Crippen LogP contribution < -0.4 is 11.1 Å². The lowest BCUT2D eigenvalue weighted by Gasteiger charge is -2.19. The van der Waals surface area contributed by atoms with E-state index in [2.05, 4.69) is 10.3 Å². The molecule has 0 aliphatic heterocycles. The number of methoxy groups -OCH3 is 2. The molecule has 8 heteroatoms. The van der Waals surface area contributed by atoms with Gasteiger partial charge in [-0.2, -0.15) is 0 Å². The van der Waals surface area contributed by atoms with Gasteiger partial charge in [0.2, 0.25) is 0 Å². The van der Waals surface area contributed by atoms with Crippen LogP contribution in [0.15, 0.2) is 0 Å². The lowest BCUT2D eigenvalue weighted by Crippen LogP contribution is -2.33. The minimum atomic E-state index is -0.112. The second kappa shape index (κ2) is 8.72. The zero-order valence-electron chi connectivity index (χ0n) is 12.1. The van der Waals surface area contributed by atoms with Crippen LogP contribution in [0.3, 0.4) is 0 Å². The number of nitrogens with zero attached hydrogens (tertiary/aromatic N) is 2. The number of rotatable bonds is 9. The molecule has 3 N–H and O–H groups in total. The third kappa shape index (κ3) is 4.62. The smallest absolute Gasteiger partial charge is 0.267 e. The molecule has 0 aromatic carbocycles. The molecule has 0 bridgehead atoms. The summed E-state index contributed by atoms with van der Waals surface area (Å²) in [6.45, 7) is 4.75. The number of nitrogen functional groups attached to an aromatic ring is 1. The van der Waals surface area contributed by atoms with E-state index in [1.54, 1.807) is 19.1 Å². The summed E-state index contributed by atoms with van der Waals surface area (Å²) >= 11 is 1.26. The maximum atomic E-state index is 12.4. The molecule has 1 aromatic heterocycles. The Labute approximate surface area is 123 Å². The minimum Gasteiger partial charge on any atom is -0.383 e. The van der Waals surface area contributed by atoms with Gasteiger partial charge in [0.1, 0.15) is 10.7 Å². The van der Waals surface area contributed by atoms with Gasteiger partial charge in [0, 0.05) is 33.9 Å². The minimum absolute atomic E-state index is 0.112. The molecule has 0 saturated heterocycles. The molecular formula is C12H22N4O3S. The average molecular weight is 302 g/mol. The Morgan fingerprint density at radius 2 is 2.10 bits per heavy atom. The number of hydrogen-bond acceptors (Lipinski definition) is 7. The Morgan fingerprint density at radius 3 is 2.70 bits per heavy atom. The standard InChI is InChI=1S/C12H22N4O3S/c1-4-16(6-8-19-3)11(17)9-10(13)15-12(20-9)14-5-7-18-2/h4-8,13H2,1-3H3,(H,14,15). The lowest BCUT2D eigenvalue weighted by molar-refractivity contribution is 0.0712. The van der Waals surface area contributed by atoms with Crippen molar-refractivity contribution < 1.29 is 14.3 Å². The van der Waals surface area contributed by atoms with Crippen LogP contribution in [0.4, 0.5) is 10.9 Å². The Hall–Kier alpha value is -1.38. The van der Waals surface area contributed by atoms with Gasteiger partial charge in [0.25, 0.3) is 5.91 Å². The van der Waals surface area contributed by atoms with Crippen molar-refractivity contribution in [2.24, 2.45) is 0 Å². The van der Waals surface area contributed by atoms with Gasteiger partial charge >= 0.3 is 0 Å². The first-order valence-corrected chi connectivity index (χ1v) is 7.23. The molecule has 0 radical (unpaired) electrons. The highest BCUT2D eigenvalue weighted by Crippen LogP contribution is 2.26. The number of likely N-dealkylation sites (N-methyl/N-ethyl adjacent to an activating group) is 1. The number of carbonyl (C=O) groups is 1. The van der Waals surface area contributed by atoms with Crippen molar-refractivity contribution in [3.63, 3.8) is 0 Å². The molecule has 1 aromatic rings. The van der Waals surface area contributed by atoms with E-state index in [1.165, 1.54) is 11.3 Å². The van der Waals surface area contributed by atoms with Crippen LogP contribution in [0.2, 0.25) is 0 Å². The number of nitrogens with one attached hydrogen (secondary N) is 1. The topological polar surface area (TPSA) is 89.7 Å². The zero-order chi connectivity index (χ0) is 15.0. The fourth-order valence-electron chi connectivity index (χ4n) is 1.57. The van der Waals surface area contributed by atoms with Crippen LogP contribution >= 0.6 is 11.3 Å². The summed E-state index contributed by atoms with van der Waals surface area (Å²) in [6.07, 6.45) is 0. The van der Waals surface area contributed by atoms with Crippen LogP contribution in [-0.4, -0.2) is 62.9 Å². The molecule has 114 valence electrons. The van der Waals surface area contributed by atoms with Crippen molar-refractivity contribution in [1.82, 2.24) is 9.88 Å². The monoisotopic (exact) mass is 302 g/mol. The summed E-state index contributed by atoms with van der Waals surface area (Å²) in [5, 5.41) is 3.70. The maximum Gasteiger partial charge on any atom is 0.267 e. The van der Waals surface area contributed by atoms with E-state index in [-0.39, 0.29) is 11.7 Å². The van der Waals surface area contributed by atoms with E-state index >= 15 is 0 Å². The van der Waals surface area contributed by atoms with E-state index < -0.39 is 0 Å². The largest absolute Gasteiger partial charge is 0.383 e. The van der Waals surface area contributed by atoms with Gasteiger partial charge in [-0.3, -0.25) is 4.79 Å². The predicted molar refractivity (Wildman–Crippen MR) is 80.3 cm³/mol. The molecule has 0 aliphatic rings. The Morgan fingerprint density at radius 1 is 1.40 bits per heavy atom. The number of thiazole rings is 1. The highest BCUT2D eigenvalue weighted by Gasteiger charge is 2.21. The second-order valence-corrected chi connectivity index (χ2v) is 5.03. The van der Waals surface area contributed by atoms with Crippen LogP contribution in [-0.2, 0) is 9.47 Å². The van der Waals surface area contributed by atoms with Crippen LogP contribution in [0, 0.1) is 0 Å². The van der Waals surface area contributed by atoms with Crippen molar-refractivity contribution in [3.05, 3.63) is 4.88 Å². The number of carbonyl (C=O) groups excluding carboxylic acids is 1. The van der Waals surface area contributed by atoms with E-state index in [0.29, 0.717) is 42.9 Å². The summed E-state index contributed by atoms with van der Waals surface area (Å²) in [7, 11) is 3.24.